The van der Waals surface area contributed by atoms with Crippen molar-refractivity contribution in [2.45, 2.75) is 0 Å². The Labute approximate surface area is 141 Å². The average Bonchev–Trinajstić information content (AvgIpc) is 2.43. The number of rotatable bonds is 3. The number of halogens is 3. The van der Waals surface area contributed by atoms with Gasteiger partial charge in [-0.15, -0.1) is 0 Å². The van der Waals surface area contributed by atoms with Crippen LogP contribution in [0.1, 0.15) is 10.4 Å². The fourth-order valence-corrected chi connectivity index (χ4v) is 2.59. The molecule has 0 aliphatic carbocycles. The molecule has 0 saturated heterocycles. The number of amides is 1. The smallest absolute Gasteiger partial charge is 0.285 e. The molecule has 0 radical (unpaired) electrons. The molecule has 1 N–H and O–H groups in total. The third kappa shape index (κ3) is 3.81. The maximum absolute atomic E-state index is 12.2. The minimum Gasteiger partial charge on any atom is -0.322 e. The van der Waals surface area contributed by atoms with Crippen LogP contribution in [0.3, 0.4) is 0 Å². The lowest BCUT2D eigenvalue weighted by atomic mass is 10.2. The summed E-state index contributed by atoms with van der Waals surface area (Å²) in [6.45, 7) is 0. The number of benzene rings is 2. The highest BCUT2D eigenvalue weighted by molar-refractivity contribution is 9.10. The Morgan fingerprint density at radius 2 is 1.81 bits per heavy atom. The number of hydrogen-bond acceptors (Lipinski definition) is 3. The highest BCUT2D eigenvalue weighted by atomic mass is 79.9. The molecule has 0 aliphatic heterocycles. The molecule has 0 fully saturated rings. The van der Waals surface area contributed by atoms with Gasteiger partial charge < -0.3 is 5.32 Å². The fraction of sp³-hybridized carbons (Fsp3) is 0. The van der Waals surface area contributed by atoms with Gasteiger partial charge >= 0.3 is 0 Å². The molecule has 0 atom stereocenters. The minimum atomic E-state index is -0.533. The molecule has 0 unspecified atom stereocenters. The van der Waals surface area contributed by atoms with E-state index in [-0.39, 0.29) is 5.69 Å². The average molecular weight is 434 g/mol. The van der Waals surface area contributed by atoms with Crippen molar-refractivity contribution >= 4 is 60.7 Å². The summed E-state index contributed by atoms with van der Waals surface area (Å²) in [6.07, 6.45) is 0. The van der Waals surface area contributed by atoms with Crippen LogP contribution in [0.15, 0.2) is 45.3 Å². The van der Waals surface area contributed by atoms with Gasteiger partial charge in [0.05, 0.1) is 15.0 Å². The predicted molar refractivity (Wildman–Crippen MR) is 87.9 cm³/mol. The van der Waals surface area contributed by atoms with Gasteiger partial charge in [0.15, 0.2) is 0 Å². The Kier molecular flexibility index (Phi) is 4.97. The van der Waals surface area contributed by atoms with Gasteiger partial charge in [-0.2, -0.15) is 0 Å². The van der Waals surface area contributed by atoms with Gasteiger partial charge in [-0.05, 0) is 62.2 Å². The van der Waals surface area contributed by atoms with Crippen molar-refractivity contribution in [3.05, 3.63) is 66.0 Å². The van der Waals surface area contributed by atoms with E-state index in [2.05, 4.69) is 37.2 Å². The lowest BCUT2D eigenvalue weighted by molar-refractivity contribution is -0.385. The van der Waals surface area contributed by atoms with Gasteiger partial charge in [0.1, 0.15) is 0 Å². The van der Waals surface area contributed by atoms with Gasteiger partial charge in [0.2, 0.25) is 0 Å². The third-order valence-corrected chi connectivity index (χ3v) is 4.17. The molecule has 1 amide bonds. The van der Waals surface area contributed by atoms with Gasteiger partial charge in [-0.25, -0.2) is 0 Å². The van der Waals surface area contributed by atoms with Crippen molar-refractivity contribution in [2.75, 3.05) is 5.32 Å². The summed E-state index contributed by atoms with van der Waals surface area (Å²) < 4.78 is 0.922. The largest absolute Gasteiger partial charge is 0.322 e. The Bertz CT molecular complexity index is 737. The second kappa shape index (κ2) is 6.55. The van der Waals surface area contributed by atoms with Crippen molar-refractivity contribution in [3.8, 4) is 0 Å². The summed E-state index contributed by atoms with van der Waals surface area (Å²) in [6, 6.07) is 9.15. The molecule has 0 saturated carbocycles. The quantitative estimate of drug-likeness (QED) is 0.544. The summed E-state index contributed by atoms with van der Waals surface area (Å²) in [5.41, 5.74) is 0.535. The highest BCUT2D eigenvalue weighted by Crippen LogP contribution is 2.28. The fourth-order valence-electron chi connectivity index (χ4n) is 1.60. The first kappa shape index (κ1) is 15.9. The third-order valence-electron chi connectivity index (χ3n) is 2.57. The van der Waals surface area contributed by atoms with Crippen LogP contribution >= 0.6 is 43.5 Å². The zero-order valence-electron chi connectivity index (χ0n) is 10.3. The first-order chi connectivity index (χ1) is 9.88. The van der Waals surface area contributed by atoms with E-state index in [4.69, 9.17) is 11.6 Å². The summed E-state index contributed by atoms with van der Waals surface area (Å²) in [5, 5.41) is 13.9. The van der Waals surface area contributed by atoms with E-state index in [1.807, 2.05) is 0 Å². The molecular weight excluding hydrogens is 427 g/mol. The monoisotopic (exact) mass is 432 g/mol. The molecule has 2 aromatic rings. The normalized spacial score (nSPS) is 10.2. The minimum absolute atomic E-state index is 0.127. The van der Waals surface area contributed by atoms with Gasteiger partial charge in [-0.1, -0.05) is 11.6 Å². The molecule has 2 rings (SSSR count). The first-order valence-corrected chi connectivity index (χ1v) is 7.55. The summed E-state index contributed by atoms with van der Waals surface area (Å²) in [5.74, 6) is -0.416. The molecule has 108 valence electrons. The molecule has 0 bridgehead atoms. The van der Waals surface area contributed by atoms with E-state index in [1.54, 1.807) is 18.2 Å². The number of nitro groups is 1. The predicted octanol–water partition coefficient (Wildman–Crippen LogP) is 5.03. The number of nitro benzene ring substituents is 1. The Hall–Kier alpha value is -1.44. The van der Waals surface area contributed by atoms with Crippen molar-refractivity contribution in [3.63, 3.8) is 0 Å². The second-order valence-corrected chi connectivity index (χ2v) is 6.15. The molecule has 5 nitrogen and oxygen atoms in total. The van der Waals surface area contributed by atoms with E-state index >= 15 is 0 Å². The van der Waals surface area contributed by atoms with Gasteiger partial charge in [0, 0.05) is 21.2 Å². The molecule has 8 heteroatoms. The molecule has 0 spiro atoms. The summed E-state index contributed by atoms with van der Waals surface area (Å²) in [7, 11) is 0. The van der Waals surface area contributed by atoms with E-state index in [9.17, 15) is 14.9 Å². The van der Waals surface area contributed by atoms with Crippen molar-refractivity contribution in [2.24, 2.45) is 0 Å². The SMILES string of the molecule is O=C(Nc1ccc(Br)c([N+](=O)[O-])c1)c1cc(Cl)ccc1Br. The number of anilines is 1. The Morgan fingerprint density at radius 3 is 2.48 bits per heavy atom. The van der Waals surface area contributed by atoms with E-state index < -0.39 is 10.8 Å². The number of nitrogens with one attached hydrogen (secondary N) is 1. The van der Waals surface area contributed by atoms with Gasteiger partial charge in [0.25, 0.3) is 11.6 Å². The molecular formula is C13H7Br2ClN2O3. The Morgan fingerprint density at radius 1 is 1.14 bits per heavy atom. The summed E-state index contributed by atoms with van der Waals surface area (Å²) >= 11 is 12.2. The lowest BCUT2D eigenvalue weighted by Crippen LogP contribution is -2.12. The number of carbonyl (C=O) groups excluding carboxylic acids is 1. The van der Waals surface area contributed by atoms with Crippen LogP contribution in [0.4, 0.5) is 11.4 Å². The highest BCUT2D eigenvalue weighted by Gasteiger charge is 2.15. The molecule has 2 aromatic carbocycles. The van der Waals surface area contributed by atoms with E-state index in [0.29, 0.717) is 25.2 Å². The number of carbonyl (C=O) groups is 1. The van der Waals surface area contributed by atoms with Crippen LogP contribution in [0.5, 0.6) is 0 Å². The lowest BCUT2D eigenvalue weighted by Gasteiger charge is -2.08. The standard InChI is InChI=1S/C13H7Br2ClN2O3/c14-10-3-1-7(16)5-9(10)13(19)17-8-2-4-11(15)12(6-8)18(20)21/h1-6H,(H,17,19). The second-order valence-electron chi connectivity index (χ2n) is 4.00. The topological polar surface area (TPSA) is 72.2 Å². The van der Waals surface area contributed by atoms with Crippen LogP contribution in [0, 0.1) is 10.1 Å². The van der Waals surface area contributed by atoms with E-state index in [0.717, 1.165) is 0 Å². The van der Waals surface area contributed by atoms with Crippen molar-refractivity contribution < 1.29 is 9.72 Å². The Balaban J connectivity index is 2.29. The first-order valence-electron chi connectivity index (χ1n) is 5.59. The maximum Gasteiger partial charge on any atom is 0.285 e. The molecule has 21 heavy (non-hydrogen) atoms. The molecule has 0 aromatic heterocycles. The maximum atomic E-state index is 12.2. The molecule has 0 aliphatic rings. The zero-order chi connectivity index (χ0) is 15.6. The van der Waals surface area contributed by atoms with E-state index in [1.165, 1.54) is 18.2 Å². The molecule has 0 heterocycles. The summed E-state index contributed by atoms with van der Waals surface area (Å²) in [4.78, 5) is 22.5. The van der Waals surface area contributed by atoms with Crippen LogP contribution in [0.2, 0.25) is 5.02 Å². The van der Waals surface area contributed by atoms with Crippen LogP contribution in [0.25, 0.3) is 0 Å². The zero-order valence-corrected chi connectivity index (χ0v) is 14.2. The van der Waals surface area contributed by atoms with Crippen molar-refractivity contribution in [1.29, 1.82) is 0 Å². The van der Waals surface area contributed by atoms with Crippen LogP contribution in [-0.2, 0) is 0 Å². The van der Waals surface area contributed by atoms with Gasteiger partial charge in [-0.3, -0.25) is 14.9 Å². The van der Waals surface area contributed by atoms with Crippen molar-refractivity contribution in [1.82, 2.24) is 0 Å². The van der Waals surface area contributed by atoms with Crippen LogP contribution < -0.4 is 5.32 Å². The van der Waals surface area contributed by atoms with Crippen LogP contribution in [-0.4, -0.2) is 10.8 Å². The number of hydrogen-bond donors (Lipinski definition) is 1. The number of nitrogens with zero attached hydrogens (tertiary/aromatic N) is 1.